The Morgan fingerprint density at radius 3 is 2.18 bits per heavy atom. The topological polar surface area (TPSA) is 47.0 Å². The van der Waals surface area contributed by atoms with E-state index in [9.17, 15) is 17.6 Å². The number of halogens is 4. The summed E-state index contributed by atoms with van der Waals surface area (Å²) in [5, 5.41) is 2.52. The molecule has 4 nitrogen and oxygen atoms in total. The van der Waals surface area contributed by atoms with Crippen molar-refractivity contribution in [2.45, 2.75) is 32.4 Å². The molecule has 4 aromatic rings. The van der Waals surface area contributed by atoms with Crippen molar-refractivity contribution in [2.24, 2.45) is 0 Å². The first-order valence-corrected chi connectivity index (χ1v) is 11.2. The SMILES string of the molecule is CC(C)(C)c1ccccc1Oc1ccc(Nc2nc(C(F)(F)F)c(-c3ccccc3)s2)c([18F])n1. The van der Waals surface area contributed by atoms with Crippen LogP contribution in [0.15, 0.2) is 66.7 Å². The summed E-state index contributed by atoms with van der Waals surface area (Å²) in [5.74, 6) is -0.347. The fraction of sp³-hybridized carbons (Fsp3) is 0.200. The third-order valence-electron chi connectivity index (χ3n) is 4.91. The zero-order valence-corrected chi connectivity index (χ0v) is 19.4. The Hall–Kier alpha value is -3.46. The van der Waals surface area contributed by atoms with Gasteiger partial charge in [-0.2, -0.15) is 22.5 Å². The molecule has 1 N–H and O–H groups in total. The Balaban J connectivity index is 1.60. The van der Waals surface area contributed by atoms with Gasteiger partial charge in [-0.3, -0.25) is 0 Å². The van der Waals surface area contributed by atoms with Crippen molar-refractivity contribution in [3.63, 3.8) is 0 Å². The van der Waals surface area contributed by atoms with E-state index in [1.807, 2.05) is 39.0 Å². The summed E-state index contributed by atoms with van der Waals surface area (Å²) in [7, 11) is 0. The minimum atomic E-state index is -4.66. The van der Waals surface area contributed by atoms with Gasteiger partial charge in [0.1, 0.15) is 5.75 Å². The van der Waals surface area contributed by atoms with Crippen LogP contribution < -0.4 is 10.1 Å². The molecule has 0 fully saturated rings. The van der Waals surface area contributed by atoms with Crippen molar-refractivity contribution in [1.29, 1.82) is 0 Å². The van der Waals surface area contributed by atoms with Gasteiger partial charge < -0.3 is 10.1 Å². The quantitative estimate of drug-likeness (QED) is 0.228. The van der Waals surface area contributed by atoms with Crippen molar-refractivity contribution in [3.05, 3.63) is 83.9 Å². The molecule has 0 bridgehead atoms. The lowest BCUT2D eigenvalue weighted by Crippen LogP contribution is -2.12. The lowest BCUT2D eigenvalue weighted by atomic mass is 9.86. The molecule has 0 aliphatic carbocycles. The van der Waals surface area contributed by atoms with Crippen LogP contribution in [0, 0.1) is 5.95 Å². The van der Waals surface area contributed by atoms with Gasteiger partial charge in [0.2, 0.25) is 11.8 Å². The zero-order chi connectivity index (χ0) is 24.5. The number of rotatable bonds is 5. The molecule has 2 aromatic heterocycles. The number of hydrogen-bond donors (Lipinski definition) is 1. The molecule has 34 heavy (non-hydrogen) atoms. The molecule has 0 atom stereocenters. The van der Waals surface area contributed by atoms with Gasteiger partial charge in [0, 0.05) is 11.6 Å². The Morgan fingerprint density at radius 1 is 0.853 bits per heavy atom. The van der Waals surface area contributed by atoms with Crippen LogP contribution in [0.5, 0.6) is 11.6 Å². The second kappa shape index (κ2) is 9.06. The van der Waals surface area contributed by atoms with Gasteiger partial charge in [-0.1, -0.05) is 80.6 Å². The molecular weight excluding hydrogens is 465 g/mol. The van der Waals surface area contributed by atoms with E-state index in [1.165, 1.54) is 12.1 Å². The lowest BCUT2D eigenvalue weighted by molar-refractivity contribution is -0.140. The van der Waals surface area contributed by atoms with E-state index >= 15 is 0 Å². The van der Waals surface area contributed by atoms with Gasteiger partial charge in [-0.05, 0) is 23.1 Å². The van der Waals surface area contributed by atoms with Gasteiger partial charge in [0.05, 0.1) is 10.6 Å². The number of alkyl halides is 3. The summed E-state index contributed by atoms with van der Waals surface area (Å²) in [4.78, 5) is 7.45. The second-order valence-electron chi connectivity index (χ2n) is 8.52. The summed E-state index contributed by atoms with van der Waals surface area (Å²) >= 11 is 0.787. The molecule has 9 heteroatoms. The fourth-order valence-corrected chi connectivity index (χ4v) is 4.32. The molecule has 176 valence electrons. The van der Waals surface area contributed by atoms with Crippen molar-refractivity contribution >= 4 is 22.2 Å². The first kappa shape index (κ1) is 23.7. The zero-order valence-electron chi connectivity index (χ0n) is 18.6. The predicted octanol–water partition coefficient (Wildman–Crippen LogP) is 8.20. The van der Waals surface area contributed by atoms with Crippen molar-refractivity contribution in [2.75, 3.05) is 5.32 Å². The van der Waals surface area contributed by atoms with E-state index in [0.29, 0.717) is 11.3 Å². The van der Waals surface area contributed by atoms with Gasteiger partial charge in [0.15, 0.2) is 10.8 Å². The Bertz CT molecular complexity index is 1300. The number of nitrogens with one attached hydrogen (secondary N) is 1. The van der Waals surface area contributed by atoms with Crippen molar-refractivity contribution in [1.82, 2.24) is 9.97 Å². The summed E-state index contributed by atoms with van der Waals surface area (Å²) < 4.78 is 61.2. The number of aromatic nitrogens is 2. The third kappa shape index (κ3) is 5.20. The molecule has 0 amide bonds. The van der Waals surface area contributed by atoms with Crippen molar-refractivity contribution in [3.8, 4) is 22.1 Å². The van der Waals surface area contributed by atoms with E-state index in [2.05, 4.69) is 15.3 Å². The monoisotopic (exact) mass is 486 g/mol. The van der Waals surface area contributed by atoms with Crippen LogP contribution in [-0.4, -0.2) is 9.97 Å². The van der Waals surface area contributed by atoms with Crippen LogP contribution in [0.2, 0.25) is 0 Å². The number of ether oxygens (including phenoxy) is 1. The summed E-state index contributed by atoms with van der Waals surface area (Å²) in [6.45, 7) is 6.09. The maximum atomic E-state index is 14.7. The first-order valence-electron chi connectivity index (χ1n) is 10.4. The molecule has 2 aromatic carbocycles. The molecule has 0 radical (unpaired) electrons. The Morgan fingerprint density at radius 2 is 1.53 bits per heavy atom. The molecule has 0 aliphatic rings. The van der Waals surface area contributed by atoms with Crippen molar-refractivity contribution < 1.29 is 22.3 Å². The standard InChI is InChI=1S/C25H21F4N3OS/c1-24(2,3)16-11-7-8-12-18(16)33-19-14-13-17(22(26)31-19)30-23-32-21(25(27,28)29)20(34-23)15-9-5-4-6-10-15/h4-14H,1-3H3,(H,30,32)/i26-1. The smallest absolute Gasteiger partial charge is 0.434 e. The second-order valence-corrected chi connectivity index (χ2v) is 9.52. The average Bonchev–Trinajstić information content (AvgIpc) is 3.21. The maximum Gasteiger partial charge on any atom is 0.434 e. The minimum Gasteiger partial charge on any atom is -0.439 e. The largest absolute Gasteiger partial charge is 0.439 e. The van der Waals surface area contributed by atoms with Crippen LogP contribution in [0.1, 0.15) is 32.0 Å². The van der Waals surface area contributed by atoms with E-state index in [-0.39, 0.29) is 27.0 Å². The number of benzene rings is 2. The Labute approximate surface area is 198 Å². The summed E-state index contributed by atoms with van der Waals surface area (Å²) in [5.41, 5.74) is -0.0406. The summed E-state index contributed by atoms with van der Waals surface area (Å²) in [6.07, 6.45) is -4.66. The van der Waals surface area contributed by atoms with E-state index in [0.717, 1.165) is 16.9 Å². The van der Waals surface area contributed by atoms with Crippen LogP contribution >= 0.6 is 11.3 Å². The van der Waals surface area contributed by atoms with Crippen LogP contribution in [-0.2, 0) is 11.6 Å². The Kier molecular flexibility index (Phi) is 6.31. The van der Waals surface area contributed by atoms with Gasteiger partial charge >= 0.3 is 6.18 Å². The fourth-order valence-electron chi connectivity index (χ4n) is 3.32. The van der Waals surface area contributed by atoms with Crippen LogP contribution in [0.3, 0.4) is 0 Å². The number of anilines is 2. The molecular formula is C25H21F4N3OS. The number of thiazole rings is 1. The van der Waals surface area contributed by atoms with Gasteiger partial charge in [-0.25, -0.2) is 4.98 Å². The highest BCUT2D eigenvalue weighted by molar-refractivity contribution is 7.19. The number of hydrogen-bond acceptors (Lipinski definition) is 5. The van der Waals surface area contributed by atoms with Gasteiger partial charge in [0.25, 0.3) is 0 Å². The van der Waals surface area contributed by atoms with Crippen LogP contribution in [0.25, 0.3) is 10.4 Å². The highest BCUT2D eigenvalue weighted by Crippen LogP contribution is 2.42. The molecule has 0 spiro atoms. The average molecular weight is 487 g/mol. The number of para-hydroxylation sites is 1. The van der Waals surface area contributed by atoms with Crippen LogP contribution in [0.4, 0.5) is 28.4 Å². The van der Waals surface area contributed by atoms with E-state index in [1.54, 1.807) is 36.4 Å². The van der Waals surface area contributed by atoms with E-state index < -0.39 is 17.8 Å². The minimum absolute atomic E-state index is 0.0276. The highest BCUT2D eigenvalue weighted by Gasteiger charge is 2.38. The molecule has 4 rings (SSSR count). The lowest BCUT2D eigenvalue weighted by Gasteiger charge is -2.22. The number of nitrogens with zero attached hydrogens (tertiary/aromatic N) is 2. The predicted molar refractivity (Wildman–Crippen MR) is 125 cm³/mol. The molecule has 0 saturated heterocycles. The van der Waals surface area contributed by atoms with Gasteiger partial charge in [-0.15, -0.1) is 0 Å². The first-order chi connectivity index (χ1) is 16.0. The number of pyridine rings is 1. The molecule has 0 unspecified atom stereocenters. The molecule has 2 heterocycles. The third-order valence-corrected chi connectivity index (χ3v) is 5.93. The summed E-state index contributed by atoms with van der Waals surface area (Å²) in [6, 6.07) is 18.3. The maximum absolute atomic E-state index is 14.7. The highest BCUT2D eigenvalue weighted by atomic mass is 32.1. The molecule has 0 saturated carbocycles. The van der Waals surface area contributed by atoms with E-state index in [4.69, 9.17) is 4.74 Å². The molecule has 0 aliphatic heterocycles. The normalized spacial score (nSPS) is 12.0.